The summed E-state index contributed by atoms with van der Waals surface area (Å²) in [6.07, 6.45) is 0. The van der Waals surface area contributed by atoms with Crippen molar-refractivity contribution in [1.82, 2.24) is 0 Å². The Hall–Kier alpha value is -1.95. The number of fused-ring (bicyclic) bond motifs is 6. The van der Waals surface area contributed by atoms with Crippen molar-refractivity contribution in [2.45, 2.75) is 45.1 Å². The zero-order valence-corrected chi connectivity index (χ0v) is 17.7. The van der Waals surface area contributed by atoms with E-state index >= 15 is 0 Å². The van der Waals surface area contributed by atoms with Gasteiger partial charge in [0.05, 0.1) is 12.2 Å². The molecule has 0 saturated heterocycles. The molecule has 1 atom stereocenters. The molecule has 0 aromatic heterocycles. The van der Waals surface area contributed by atoms with Crippen LogP contribution in [0.5, 0.6) is 0 Å². The van der Waals surface area contributed by atoms with Crippen molar-refractivity contribution in [2.24, 2.45) is 0 Å². The summed E-state index contributed by atoms with van der Waals surface area (Å²) in [6, 6.07) is 24.1. The second-order valence-corrected chi connectivity index (χ2v) is 9.94. The SMILES string of the molecule is CC(C)(P)C(C)(C)OCc1ccc2c3ccccc3c3ccccc3c2c1. The summed E-state index contributed by atoms with van der Waals surface area (Å²) in [5, 5.41) is 7.85. The summed E-state index contributed by atoms with van der Waals surface area (Å²) in [6.45, 7) is 9.31. The summed E-state index contributed by atoms with van der Waals surface area (Å²) >= 11 is 0. The molecule has 0 aliphatic rings. The first-order valence-corrected chi connectivity index (χ1v) is 10.1. The predicted molar refractivity (Wildman–Crippen MR) is 122 cm³/mol. The van der Waals surface area contributed by atoms with Crippen molar-refractivity contribution in [3.8, 4) is 0 Å². The predicted octanol–water partition coefficient (Wildman–Crippen LogP) is 7.10. The third kappa shape index (κ3) is 3.24. The maximum Gasteiger partial charge on any atom is 0.0724 e. The van der Waals surface area contributed by atoms with Crippen LogP contribution in [0.15, 0.2) is 66.7 Å². The average Bonchev–Trinajstić information content (AvgIpc) is 2.65. The molecule has 0 heterocycles. The van der Waals surface area contributed by atoms with E-state index in [1.54, 1.807) is 0 Å². The first-order chi connectivity index (χ1) is 12.8. The Morgan fingerprint density at radius 1 is 0.667 bits per heavy atom. The van der Waals surface area contributed by atoms with Gasteiger partial charge >= 0.3 is 0 Å². The lowest BCUT2D eigenvalue weighted by molar-refractivity contribution is -0.0495. The van der Waals surface area contributed by atoms with E-state index in [1.165, 1.54) is 37.9 Å². The molecule has 0 N–H and O–H groups in total. The molecule has 1 unspecified atom stereocenters. The smallest absolute Gasteiger partial charge is 0.0724 e. The lowest BCUT2D eigenvalue weighted by Crippen LogP contribution is -2.42. The maximum absolute atomic E-state index is 6.31. The third-order valence-electron chi connectivity index (χ3n) is 5.96. The van der Waals surface area contributed by atoms with Crippen LogP contribution >= 0.6 is 9.24 Å². The van der Waals surface area contributed by atoms with Gasteiger partial charge < -0.3 is 4.74 Å². The Morgan fingerprint density at radius 3 is 1.59 bits per heavy atom. The largest absolute Gasteiger partial charge is 0.370 e. The fraction of sp³-hybridized carbons (Fsp3) is 0.280. The highest BCUT2D eigenvalue weighted by Gasteiger charge is 2.33. The molecule has 0 amide bonds. The standard InChI is InChI=1S/C25H27OP/c1-24(2,25(3,4)27)26-16-17-13-14-22-20-11-6-5-9-18(20)19-10-7-8-12-21(19)23(22)15-17/h5-15H,16,27H2,1-4H3. The fourth-order valence-corrected chi connectivity index (χ4v) is 3.58. The van der Waals surface area contributed by atoms with Gasteiger partial charge in [0.1, 0.15) is 0 Å². The Balaban J connectivity index is 1.85. The van der Waals surface area contributed by atoms with Crippen LogP contribution in [0.2, 0.25) is 0 Å². The molecular weight excluding hydrogens is 347 g/mol. The van der Waals surface area contributed by atoms with Crippen LogP contribution in [0.3, 0.4) is 0 Å². The van der Waals surface area contributed by atoms with Gasteiger partial charge in [0.15, 0.2) is 0 Å². The van der Waals surface area contributed by atoms with Gasteiger partial charge in [-0.3, -0.25) is 0 Å². The molecule has 0 fully saturated rings. The molecule has 4 rings (SSSR count). The van der Waals surface area contributed by atoms with E-state index in [0.717, 1.165) is 0 Å². The lowest BCUT2D eigenvalue weighted by Gasteiger charge is -2.38. The van der Waals surface area contributed by atoms with Gasteiger partial charge in [-0.1, -0.05) is 74.5 Å². The Bertz CT molecular complexity index is 1100. The molecule has 0 aliphatic heterocycles. The highest BCUT2D eigenvalue weighted by Crippen LogP contribution is 2.37. The molecule has 27 heavy (non-hydrogen) atoms. The first-order valence-electron chi connectivity index (χ1n) is 9.53. The van der Waals surface area contributed by atoms with E-state index in [-0.39, 0.29) is 10.8 Å². The second kappa shape index (κ2) is 6.59. The number of rotatable bonds is 4. The number of hydrogen-bond donors (Lipinski definition) is 0. The number of benzene rings is 4. The van der Waals surface area contributed by atoms with Gasteiger partial charge in [-0.25, -0.2) is 0 Å². The maximum atomic E-state index is 6.31. The van der Waals surface area contributed by atoms with Crippen molar-refractivity contribution in [3.05, 3.63) is 72.3 Å². The van der Waals surface area contributed by atoms with Gasteiger partial charge in [-0.2, -0.15) is 0 Å². The average molecular weight is 374 g/mol. The van der Waals surface area contributed by atoms with Crippen LogP contribution in [0.25, 0.3) is 32.3 Å². The van der Waals surface area contributed by atoms with E-state index in [1.807, 2.05) is 0 Å². The van der Waals surface area contributed by atoms with E-state index < -0.39 is 0 Å². The minimum absolute atomic E-state index is 0.00669. The fourth-order valence-electron chi connectivity index (χ4n) is 3.49. The zero-order chi connectivity index (χ0) is 19.2. The van der Waals surface area contributed by atoms with Gasteiger partial charge in [0.2, 0.25) is 0 Å². The summed E-state index contributed by atoms with van der Waals surface area (Å²) in [7, 11) is 2.90. The zero-order valence-electron chi connectivity index (χ0n) is 16.5. The van der Waals surface area contributed by atoms with Gasteiger partial charge in [0.25, 0.3) is 0 Å². The monoisotopic (exact) mass is 374 g/mol. The molecule has 0 radical (unpaired) electrons. The van der Waals surface area contributed by atoms with Crippen LogP contribution in [0.1, 0.15) is 33.3 Å². The third-order valence-corrected chi connectivity index (χ3v) is 6.66. The molecule has 4 aromatic rings. The highest BCUT2D eigenvalue weighted by molar-refractivity contribution is 7.19. The molecule has 0 saturated carbocycles. The van der Waals surface area contributed by atoms with Crippen LogP contribution in [-0.2, 0) is 11.3 Å². The summed E-state index contributed by atoms with van der Waals surface area (Å²) < 4.78 is 6.31. The highest BCUT2D eigenvalue weighted by atomic mass is 31.0. The molecule has 1 nitrogen and oxygen atoms in total. The van der Waals surface area contributed by atoms with Crippen molar-refractivity contribution in [2.75, 3.05) is 0 Å². The Morgan fingerprint density at radius 2 is 1.11 bits per heavy atom. The molecule has 138 valence electrons. The van der Waals surface area contributed by atoms with E-state index in [2.05, 4.69) is 104 Å². The normalized spacial score (nSPS) is 12.9. The summed E-state index contributed by atoms with van der Waals surface area (Å²) in [4.78, 5) is 0. The van der Waals surface area contributed by atoms with Gasteiger partial charge in [-0.05, 0) is 57.8 Å². The quantitative estimate of drug-likeness (QED) is 0.273. The lowest BCUT2D eigenvalue weighted by atomic mass is 9.92. The minimum atomic E-state index is -0.224. The molecule has 0 bridgehead atoms. The van der Waals surface area contributed by atoms with Gasteiger partial charge in [-0.15, -0.1) is 9.24 Å². The Kier molecular flexibility index (Phi) is 4.49. The van der Waals surface area contributed by atoms with E-state index in [9.17, 15) is 0 Å². The van der Waals surface area contributed by atoms with Crippen molar-refractivity contribution in [1.29, 1.82) is 0 Å². The van der Waals surface area contributed by atoms with E-state index in [0.29, 0.717) is 6.61 Å². The van der Waals surface area contributed by atoms with Crippen LogP contribution in [0, 0.1) is 0 Å². The summed E-state index contributed by atoms with van der Waals surface area (Å²) in [5.41, 5.74) is 0.989. The molecule has 4 aromatic carbocycles. The molecular formula is C25H27OP. The summed E-state index contributed by atoms with van der Waals surface area (Å²) in [5.74, 6) is 0. The topological polar surface area (TPSA) is 9.23 Å². The number of ether oxygens (including phenoxy) is 1. The van der Waals surface area contributed by atoms with Gasteiger partial charge in [0, 0.05) is 5.16 Å². The molecule has 0 aliphatic carbocycles. The van der Waals surface area contributed by atoms with Crippen LogP contribution < -0.4 is 0 Å². The minimum Gasteiger partial charge on any atom is -0.370 e. The first kappa shape index (κ1) is 18.4. The van der Waals surface area contributed by atoms with Crippen molar-refractivity contribution in [3.63, 3.8) is 0 Å². The van der Waals surface area contributed by atoms with Crippen molar-refractivity contribution < 1.29 is 4.74 Å². The second-order valence-electron chi connectivity index (χ2n) is 8.49. The van der Waals surface area contributed by atoms with Crippen LogP contribution in [-0.4, -0.2) is 10.8 Å². The molecule has 0 spiro atoms. The van der Waals surface area contributed by atoms with Crippen LogP contribution in [0.4, 0.5) is 0 Å². The van der Waals surface area contributed by atoms with Crippen molar-refractivity contribution >= 4 is 41.6 Å². The van der Waals surface area contributed by atoms with E-state index in [4.69, 9.17) is 4.74 Å². The number of hydrogen-bond acceptors (Lipinski definition) is 1. The molecule has 2 heteroatoms. The Labute approximate surface area is 163 Å².